The van der Waals surface area contributed by atoms with Gasteiger partial charge in [-0.15, -0.1) is 0 Å². The van der Waals surface area contributed by atoms with Crippen LogP contribution in [-0.4, -0.2) is 7.11 Å². The van der Waals surface area contributed by atoms with Crippen molar-refractivity contribution in [2.75, 3.05) is 12.8 Å². The molecule has 0 aliphatic carbocycles. The van der Waals surface area contributed by atoms with Gasteiger partial charge in [0.05, 0.1) is 23.9 Å². The van der Waals surface area contributed by atoms with Gasteiger partial charge in [-0.1, -0.05) is 0 Å². The summed E-state index contributed by atoms with van der Waals surface area (Å²) in [6.07, 6.45) is -4.59. The van der Waals surface area contributed by atoms with Gasteiger partial charge in [0.1, 0.15) is 11.8 Å². The number of methoxy groups -OCH3 is 1. The van der Waals surface area contributed by atoms with E-state index >= 15 is 0 Å². The summed E-state index contributed by atoms with van der Waals surface area (Å²) in [7, 11) is 1.26. The number of nitrogens with two attached hydrogens (primary N) is 1. The Kier molecular flexibility index (Phi) is 2.75. The van der Waals surface area contributed by atoms with E-state index in [1.54, 1.807) is 0 Å². The zero-order chi connectivity index (χ0) is 11.6. The second-order valence-corrected chi connectivity index (χ2v) is 2.71. The van der Waals surface area contributed by atoms with Gasteiger partial charge in [-0.3, -0.25) is 0 Å². The van der Waals surface area contributed by atoms with Gasteiger partial charge in [0.25, 0.3) is 0 Å². The zero-order valence-corrected chi connectivity index (χ0v) is 7.72. The first kappa shape index (κ1) is 11.2. The van der Waals surface area contributed by atoms with Gasteiger partial charge in [0.15, 0.2) is 0 Å². The predicted octanol–water partition coefficient (Wildman–Crippen LogP) is 2.17. The Morgan fingerprint density at radius 2 is 2.00 bits per heavy atom. The van der Waals surface area contributed by atoms with E-state index in [-0.39, 0.29) is 11.4 Å². The molecule has 0 unspecified atom stereocenters. The van der Waals surface area contributed by atoms with Crippen molar-refractivity contribution in [3.63, 3.8) is 0 Å². The highest BCUT2D eigenvalue weighted by atomic mass is 19.4. The van der Waals surface area contributed by atoms with E-state index in [9.17, 15) is 13.2 Å². The molecule has 15 heavy (non-hydrogen) atoms. The van der Waals surface area contributed by atoms with Crippen molar-refractivity contribution in [1.82, 2.24) is 0 Å². The molecule has 0 atom stereocenters. The van der Waals surface area contributed by atoms with Crippen molar-refractivity contribution in [2.45, 2.75) is 6.18 Å². The van der Waals surface area contributed by atoms with Crippen molar-refractivity contribution in [3.8, 4) is 11.8 Å². The van der Waals surface area contributed by atoms with E-state index in [1.807, 2.05) is 0 Å². The summed E-state index contributed by atoms with van der Waals surface area (Å²) >= 11 is 0. The standard InChI is InChI=1S/C9H7F3N2O/c1-15-7-3-2-6(9(10,11)12)5(4-13)8(7)14/h2-3H,14H2,1H3. The first-order chi connectivity index (χ1) is 6.91. The fraction of sp³-hybridized carbons (Fsp3) is 0.222. The minimum absolute atomic E-state index is 0.0551. The molecule has 1 aromatic carbocycles. The molecule has 6 heteroatoms. The molecule has 0 heterocycles. The molecular formula is C9H7F3N2O. The van der Waals surface area contributed by atoms with Gasteiger partial charge in [-0.05, 0) is 12.1 Å². The summed E-state index contributed by atoms with van der Waals surface area (Å²) in [6, 6.07) is 3.27. The van der Waals surface area contributed by atoms with Gasteiger partial charge in [0, 0.05) is 0 Å². The van der Waals surface area contributed by atoms with E-state index < -0.39 is 17.3 Å². The van der Waals surface area contributed by atoms with E-state index in [1.165, 1.54) is 13.2 Å². The van der Waals surface area contributed by atoms with Crippen molar-refractivity contribution in [1.29, 1.82) is 5.26 Å². The molecule has 0 fully saturated rings. The average Bonchev–Trinajstić information content (AvgIpc) is 2.15. The lowest BCUT2D eigenvalue weighted by Crippen LogP contribution is -2.10. The Bertz CT molecular complexity index is 421. The maximum atomic E-state index is 12.4. The molecule has 0 amide bonds. The summed E-state index contributed by atoms with van der Waals surface area (Å²) in [5.41, 5.74) is 3.40. The molecule has 0 radical (unpaired) electrons. The lowest BCUT2D eigenvalue weighted by Gasteiger charge is -2.12. The highest BCUT2D eigenvalue weighted by Crippen LogP contribution is 2.37. The molecular weight excluding hydrogens is 209 g/mol. The number of hydrogen-bond donors (Lipinski definition) is 1. The fourth-order valence-electron chi connectivity index (χ4n) is 1.14. The van der Waals surface area contributed by atoms with E-state index in [2.05, 4.69) is 0 Å². The van der Waals surface area contributed by atoms with Gasteiger partial charge < -0.3 is 10.5 Å². The lowest BCUT2D eigenvalue weighted by atomic mass is 10.1. The summed E-state index contributed by atoms with van der Waals surface area (Å²) in [6.45, 7) is 0. The number of halogens is 3. The molecule has 2 N–H and O–H groups in total. The van der Waals surface area contributed by atoms with Crippen LogP contribution in [0.5, 0.6) is 5.75 Å². The van der Waals surface area contributed by atoms with E-state index in [0.29, 0.717) is 0 Å². The lowest BCUT2D eigenvalue weighted by molar-refractivity contribution is -0.137. The highest BCUT2D eigenvalue weighted by Gasteiger charge is 2.35. The van der Waals surface area contributed by atoms with Crippen LogP contribution in [0.25, 0.3) is 0 Å². The van der Waals surface area contributed by atoms with Gasteiger partial charge in [0.2, 0.25) is 0 Å². The van der Waals surface area contributed by atoms with Crippen molar-refractivity contribution in [3.05, 3.63) is 23.3 Å². The van der Waals surface area contributed by atoms with Crippen molar-refractivity contribution >= 4 is 5.69 Å². The number of nitrogens with zero attached hydrogens (tertiary/aromatic N) is 1. The molecule has 0 bridgehead atoms. The number of nitrogen functional groups attached to an aromatic ring is 1. The third kappa shape index (κ3) is 1.96. The largest absolute Gasteiger partial charge is 0.495 e. The number of ether oxygens (including phenoxy) is 1. The molecule has 0 saturated carbocycles. The summed E-state index contributed by atoms with van der Waals surface area (Å²) in [5, 5.41) is 8.60. The monoisotopic (exact) mass is 216 g/mol. The molecule has 0 aliphatic rings. The highest BCUT2D eigenvalue weighted by molar-refractivity contribution is 5.66. The zero-order valence-electron chi connectivity index (χ0n) is 7.72. The van der Waals surface area contributed by atoms with Crippen LogP contribution in [0, 0.1) is 11.3 Å². The summed E-state index contributed by atoms with van der Waals surface area (Å²) < 4.78 is 41.9. The van der Waals surface area contributed by atoms with E-state index in [4.69, 9.17) is 15.7 Å². The van der Waals surface area contributed by atoms with Gasteiger partial charge in [-0.25, -0.2) is 0 Å². The van der Waals surface area contributed by atoms with Crippen molar-refractivity contribution < 1.29 is 17.9 Å². The third-order valence-corrected chi connectivity index (χ3v) is 1.84. The average molecular weight is 216 g/mol. The molecule has 80 valence electrons. The van der Waals surface area contributed by atoms with Crippen LogP contribution in [0.2, 0.25) is 0 Å². The molecule has 0 aromatic heterocycles. The number of anilines is 1. The minimum atomic E-state index is -4.59. The van der Waals surface area contributed by atoms with Crippen molar-refractivity contribution in [2.24, 2.45) is 0 Å². The minimum Gasteiger partial charge on any atom is -0.495 e. The van der Waals surface area contributed by atoms with Crippen LogP contribution in [0.4, 0.5) is 18.9 Å². The molecule has 1 rings (SSSR count). The molecule has 0 aliphatic heterocycles. The Morgan fingerprint density at radius 1 is 1.40 bits per heavy atom. The topological polar surface area (TPSA) is 59.0 Å². The normalized spacial score (nSPS) is 10.9. The summed E-state index contributed by atoms with van der Waals surface area (Å²) in [4.78, 5) is 0. The van der Waals surface area contributed by atoms with Crippen LogP contribution < -0.4 is 10.5 Å². The fourth-order valence-corrected chi connectivity index (χ4v) is 1.14. The number of nitriles is 1. The Hall–Kier alpha value is -1.90. The van der Waals surface area contributed by atoms with Crippen LogP contribution in [0.3, 0.4) is 0 Å². The second-order valence-electron chi connectivity index (χ2n) is 2.71. The smallest absolute Gasteiger partial charge is 0.417 e. The predicted molar refractivity (Wildman–Crippen MR) is 47.1 cm³/mol. The van der Waals surface area contributed by atoms with Gasteiger partial charge >= 0.3 is 6.18 Å². The molecule has 0 spiro atoms. The van der Waals surface area contributed by atoms with Crippen LogP contribution in [-0.2, 0) is 6.18 Å². The van der Waals surface area contributed by atoms with Crippen LogP contribution in [0.15, 0.2) is 12.1 Å². The first-order valence-corrected chi connectivity index (χ1v) is 3.85. The molecule has 3 nitrogen and oxygen atoms in total. The Morgan fingerprint density at radius 3 is 2.40 bits per heavy atom. The summed E-state index contributed by atoms with van der Waals surface area (Å²) in [5.74, 6) is 0.0551. The second kappa shape index (κ2) is 3.69. The maximum absolute atomic E-state index is 12.4. The first-order valence-electron chi connectivity index (χ1n) is 3.85. The molecule has 0 saturated heterocycles. The van der Waals surface area contributed by atoms with Gasteiger partial charge in [-0.2, -0.15) is 18.4 Å². The quantitative estimate of drug-likeness (QED) is 0.732. The SMILES string of the molecule is COc1ccc(C(F)(F)F)c(C#N)c1N. The third-order valence-electron chi connectivity index (χ3n) is 1.84. The number of benzene rings is 1. The number of hydrogen-bond acceptors (Lipinski definition) is 3. The maximum Gasteiger partial charge on any atom is 0.417 e. The Balaban J connectivity index is 3.47. The number of rotatable bonds is 1. The molecule has 1 aromatic rings. The number of alkyl halides is 3. The Labute approximate surface area is 83.9 Å². The van der Waals surface area contributed by atoms with Crippen LogP contribution >= 0.6 is 0 Å². The van der Waals surface area contributed by atoms with Crippen LogP contribution in [0.1, 0.15) is 11.1 Å². The van der Waals surface area contributed by atoms with E-state index in [0.717, 1.165) is 12.1 Å².